The van der Waals surface area contributed by atoms with Gasteiger partial charge in [-0.1, -0.05) is 6.42 Å². The van der Waals surface area contributed by atoms with Crippen molar-refractivity contribution in [3.8, 4) is 0 Å². The van der Waals surface area contributed by atoms with Gasteiger partial charge in [0.25, 0.3) is 0 Å². The molecule has 0 aromatic carbocycles. The highest BCUT2D eigenvalue weighted by Gasteiger charge is 2.30. The third-order valence-electron chi connectivity index (χ3n) is 3.76. The summed E-state index contributed by atoms with van der Waals surface area (Å²) < 4.78 is 0. The first kappa shape index (κ1) is 9.28. The fourth-order valence-corrected chi connectivity index (χ4v) is 2.39. The van der Waals surface area contributed by atoms with Crippen LogP contribution in [0, 0.1) is 0 Å². The molecule has 0 atom stereocenters. The number of hydrogen-bond donors (Lipinski definition) is 1. The van der Waals surface area contributed by atoms with E-state index in [1.54, 1.807) is 0 Å². The van der Waals surface area contributed by atoms with Crippen molar-refractivity contribution in [1.29, 1.82) is 0 Å². The fraction of sp³-hybridized carbons (Fsp3) is 0.667. The predicted molar refractivity (Wildman–Crippen MR) is 58.6 cm³/mol. The lowest BCUT2D eigenvalue weighted by atomic mass is 9.79. The van der Waals surface area contributed by atoms with E-state index >= 15 is 0 Å². The summed E-state index contributed by atoms with van der Waals surface area (Å²) in [5.74, 6) is 2.27. The molecule has 0 bridgehead atoms. The Bertz CT molecular complexity index is 354. The van der Waals surface area contributed by atoms with Gasteiger partial charge < -0.3 is 5.73 Å². The van der Waals surface area contributed by atoms with Gasteiger partial charge in [-0.3, -0.25) is 0 Å². The van der Waals surface area contributed by atoms with Gasteiger partial charge in [0, 0.05) is 29.8 Å². The Hall–Kier alpha value is -0.960. The maximum absolute atomic E-state index is 5.79. The average molecular weight is 203 g/mol. The maximum atomic E-state index is 5.79. The van der Waals surface area contributed by atoms with E-state index in [9.17, 15) is 0 Å². The molecule has 2 saturated carbocycles. The lowest BCUT2D eigenvalue weighted by Gasteiger charge is -2.32. The number of nitrogens with zero attached hydrogens (tertiary/aromatic N) is 2. The van der Waals surface area contributed by atoms with Crippen molar-refractivity contribution < 1.29 is 0 Å². The Labute approximate surface area is 90.1 Å². The summed E-state index contributed by atoms with van der Waals surface area (Å²) in [7, 11) is 0. The number of aromatic nitrogens is 2. The first-order valence-corrected chi connectivity index (χ1v) is 5.91. The van der Waals surface area contributed by atoms with Crippen molar-refractivity contribution in [1.82, 2.24) is 9.97 Å². The Balaban J connectivity index is 1.77. The van der Waals surface area contributed by atoms with Gasteiger partial charge in [-0.25, -0.2) is 9.97 Å². The van der Waals surface area contributed by atoms with Crippen LogP contribution < -0.4 is 5.73 Å². The van der Waals surface area contributed by atoms with E-state index in [0.29, 0.717) is 17.9 Å². The zero-order valence-corrected chi connectivity index (χ0v) is 8.89. The predicted octanol–water partition coefficient (Wildman–Crippen LogP) is 1.95. The fourth-order valence-electron chi connectivity index (χ4n) is 2.39. The molecule has 1 heterocycles. The number of hydrogen-bond acceptors (Lipinski definition) is 3. The van der Waals surface area contributed by atoms with Crippen molar-refractivity contribution >= 4 is 0 Å². The first-order valence-electron chi connectivity index (χ1n) is 5.91. The van der Waals surface area contributed by atoms with Gasteiger partial charge in [-0.15, -0.1) is 0 Å². The van der Waals surface area contributed by atoms with Crippen LogP contribution in [0.15, 0.2) is 12.3 Å². The quantitative estimate of drug-likeness (QED) is 0.799. The molecule has 0 saturated heterocycles. The number of nitrogens with two attached hydrogens (primary N) is 1. The van der Waals surface area contributed by atoms with Crippen LogP contribution in [0.2, 0.25) is 0 Å². The zero-order valence-electron chi connectivity index (χ0n) is 8.89. The lowest BCUT2D eigenvalue weighted by molar-refractivity contribution is 0.334. The van der Waals surface area contributed by atoms with Crippen LogP contribution in [0.25, 0.3) is 0 Å². The van der Waals surface area contributed by atoms with Gasteiger partial charge in [-0.05, 0) is 31.7 Å². The topological polar surface area (TPSA) is 51.8 Å². The summed E-state index contributed by atoms with van der Waals surface area (Å²) >= 11 is 0. The minimum atomic E-state index is 0.381. The second-order valence-electron chi connectivity index (χ2n) is 4.90. The summed E-state index contributed by atoms with van der Waals surface area (Å²) in [4.78, 5) is 9.05. The minimum Gasteiger partial charge on any atom is -0.328 e. The van der Waals surface area contributed by atoms with E-state index < -0.39 is 0 Å². The Morgan fingerprint density at radius 1 is 1.20 bits per heavy atom. The molecule has 1 aromatic heterocycles. The summed E-state index contributed by atoms with van der Waals surface area (Å²) in [6, 6.07) is 2.46. The molecule has 0 aliphatic heterocycles. The normalized spacial score (nSPS) is 30.7. The van der Waals surface area contributed by atoms with E-state index in [1.807, 2.05) is 6.20 Å². The van der Waals surface area contributed by atoms with Crippen LogP contribution >= 0.6 is 0 Å². The highest BCUT2D eigenvalue weighted by Crippen LogP contribution is 2.37. The Morgan fingerprint density at radius 3 is 2.60 bits per heavy atom. The van der Waals surface area contributed by atoms with Gasteiger partial charge in [0.2, 0.25) is 0 Å². The number of rotatable bonds is 2. The standard InChI is InChI=1S/C12H17N3/c13-10-6-9(7-10)12-14-5-4-11(15-12)8-2-1-3-8/h4-5,8-10H,1-3,6-7,13H2. The van der Waals surface area contributed by atoms with Crippen LogP contribution in [0.5, 0.6) is 0 Å². The lowest BCUT2D eigenvalue weighted by Crippen LogP contribution is -2.35. The molecular formula is C12H17N3. The molecule has 2 N–H and O–H groups in total. The van der Waals surface area contributed by atoms with E-state index in [-0.39, 0.29) is 0 Å². The van der Waals surface area contributed by atoms with Crippen molar-refractivity contribution in [2.24, 2.45) is 5.73 Å². The molecule has 0 amide bonds. The Kier molecular flexibility index (Phi) is 2.20. The average Bonchev–Trinajstić information content (AvgIpc) is 2.11. The van der Waals surface area contributed by atoms with Gasteiger partial charge >= 0.3 is 0 Å². The molecule has 2 fully saturated rings. The van der Waals surface area contributed by atoms with E-state index in [4.69, 9.17) is 5.73 Å². The van der Waals surface area contributed by atoms with E-state index in [0.717, 1.165) is 18.7 Å². The van der Waals surface area contributed by atoms with Crippen LogP contribution in [-0.2, 0) is 0 Å². The smallest absolute Gasteiger partial charge is 0.131 e. The first-order chi connectivity index (χ1) is 7.33. The molecule has 2 aliphatic rings. The second kappa shape index (κ2) is 3.56. The third-order valence-corrected chi connectivity index (χ3v) is 3.76. The van der Waals surface area contributed by atoms with E-state index in [1.165, 1.54) is 25.0 Å². The van der Waals surface area contributed by atoms with Crippen molar-refractivity contribution in [3.63, 3.8) is 0 Å². The molecule has 3 heteroatoms. The molecule has 80 valence electrons. The highest BCUT2D eigenvalue weighted by atomic mass is 14.9. The Morgan fingerprint density at radius 2 is 2.00 bits per heavy atom. The van der Waals surface area contributed by atoms with Crippen molar-refractivity contribution in [2.75, 3.05) is 0 Å². The van der Waals surface area contributed by atoms with Gasteiger partial charge in [0.15, 0.2) is 0 Å². The minimum absolute atomic E-state index is 0.381. The molecule has 3 rings (SSSR count). The molecule has 0 radical (unpaired) electrons. The molecule has 0 spiro atoms. The summed E-state index contributed by atoms with van der Waals surface area (Å²) in [6.07, 6.45) is 8.02. The largest absolute Gasteiger partial charge is 0.328 e. The van der Waals surface area contributed by atoms with E-state index in [2.05, 4.69) is 16.0 Å². The molecule has 1 aromatic rings. The molecule has 2 aliphatic carbocycles. The SMILES string of the molecule is NC1CC(c2nccc(C3CCC3)n2)C1. The van der Waals surface area contributed by atoms with Gasteiger partial charge in [0.05, 0.1) is 0 Å². The second-order valence-corrected chi connectivity index (χ2v) is 4.90. The third kappa shape index (κ3) is 1.65. The van der Waals surface area contributed by atoms with Crippen LogP contribution in [0.1, 0.15) is 55.5 Å². The molecule has 15 heavy (non-hydrogen) atoms. The van der Waals surface area contributed by atoms with Gasteiger partial charge in [-0.2, -0.15) is 0 Å². The highest BCUT2D eigenvalue weighted by molar-refractivity contribution is 5.14. The summed E-state index contributed by atoms with van der Waals surface area (Å²) in [6.45, 7) is 0. The summed E-state index contributed by atoms with van der Waals surface area (Å²) in [5.41, 5.74) is 7.04. The summed E-state index contributed by atoms with van der Waals surface area (Å²) in [5, 5.41) is 0. The van der Waals surface area contributed by atoms with Crippen molar-refractivity contribution in [2.45, 2.75) is 50.0 Å². The maximum Gasteiger partial charge on any atom is 0.131 e. The molecule has 3 nitrogen and oxygen atoms in total. The molecular weight excluding hydrogens is 186 g/mol. The molecule has 0 unspecified atom stereocenters. The van der Waals surface area contributed by atoms with Crippen LogP contribution in [0.3, 0.4) is 0 Å². The van der Waals surface area contributed by atoms with Crippen LogP contribution in [0.4, 0.5) is 0 Å². The van der Waals surface area contributed by atoms with Crippen molar-refractivity contribution in [3.05, 3.63) is 23.8 Å². The zero-order chi connectivity index (χ0) is 10.3. The monoisotopic (exact) mass is 203 g/mol. The van der Waals surface area contributed by atoms with Gasteiger partial charge in [0.1, 0.15) is 5.82 Å². The van der Waals surface area contributed by atoms with Crippen LogP contribution in [-0.4, -0.2) is 16.0 Å².